The van der Waals surface area contributed by atoms with Crippen molar-refractivity contribution in [1.29, 1.82) is 0 Å². The van der Waals surface area contributed by atoms with Crippen molar-refractivity contribution in [2.24, 2.45) is 40.4 Å². The largest absolute Gasteiger partial charge is 0.465 e. The standard InChI is InChI=1S/C42H68O13/c1-21-37(48-6)30(43)17-35(50-21)54-39-23(3)52-36(19-32(39)45)55-38-22(2)51-34(18-31(38)44)53-26-9-12-40(4)25(16-26)7-8-29-28(40)10-13-41(5)27(11-14-42(29,41)47)24-15-33(46)49-20-24/h21-32,34-39,43-45,47H,7-20H2,1-6H3. The Hall–Kier alpha value is -0.970. The minimum atomic E-state index is -0.903. The summed E-state index contributed by atoms with van der Waals surface area (Å²) in [6, 6.07) is 0. The second-order valence-electron chi connectivity index (χ2n) is 19.3. The van der Waals surface area contributed by atoms with Gasteiger partial charge in [-0.05, 0) is 113 Å². The molecule has 21 unspecified atom stereocenters. The minimum Gasteiger partial charge on any atom is -0.465 e. The second kappa shape index (κ2) is 15.6. The van der Waals surface area contributed by atoms with Gasteiger partial charge in [0.1, 0.15) is 18.3 Å². The zero-order valence-corrected chi connectivity index (χ0v) is 33.8. The lowest BCUT2D eigenvalue weighted by Gasteiger charge is -2.64. The van der Waals surface area contributed by atoms with Crippen molar-refractivity contribution in [3.05, 3.63) is 0 Å². The molecule has 0 aromatic carbocycles. The van der Waals surface area contributed by atoms with Crippen LogP contribution in [0.15, 0.2) is 0 Å². The number of aliphatic hydroxyl groups excluding tert-OH is 3. The van der Waals surface area contributed by atoms with Crippen LogP contribution in [0.4, 0.5) is 0 Å². The Morgan fingerprint density at radius 2 is 1.22 bits per heavy atom. The molecule has 0 radical (unpaired) electrons. The number of hydrogen-bond acceptors (Lipinski definition) is 13. The number of cyclic esters (lactones) is 1. The van der Waals surface area contributed by atoms with Crippen molar-refractivity contribution >= 4 is 5.97 Å². The molecule has 13 nitrogen and oxygen atoms in total. The lowest BCUT2D eigenvalue weighted by Crippen LogP contribution is -2.62. The maximum Gasteiger partial charge on any atom is 0.306 e. The highest BCUT2D eigenvalue weighted by Gasteiger charge is 2.68. The molecule has 4 aliphatic carbocycles. The molecule has 8 aliphatic rings. The lowest BCUT2D eigenvalue weighted by atomic mass is 9.43. The van der Waals surface area contributed by atoms with E-state index in [-0.39, 0.29) is 60.1 Å². The summed E-state index contributed by atoms with van der Waals surface area (Å²) in [5, 5.41) is 45.5. The summed E-state index contributed by atoms with van der Waals surface area (Å²) < 4.78 is 48.1. The summed E-state index contributed by atoms with van der Waals surface area (Å²) in [4.78, 5) is 12.0. The number of esters is 1. The van der Waals surface area contributed by atoms with Crippen molar-refractivity contribution in [2.45, 2.75) is 204 Å². The van der Waals surface area contributed by atoms with Gasteiger partial charge in [-0.2, -0.15) is 0 Å². The Kier molecular flexibility index (Phi) is 11.5. The van der Waals surface area contributed by atoms with Crippen molar-refractivity contribution in [2.75, 3.05) is 13.7 Å². The van der Waals surface area contributed by atoms with E-state index < -0.39 is 73.3 Å². The zero-order chi connectivity index (χ0) is 39.0. The minimum absolute atomic E-state index is 0.0384. The van der Waals surface area contributed by atoms with Gasteiger partial charge in [0.15, 0.2) is 18.9 Å². The molecular weight excluding hydrogens is 712 g/mol. The van der Waals surface area contributed by atoms with Crippen LogP contribution < -0.4 is 0 Å². The molecule has 0 aromatic heterocycles. The molecule has 0 spiro atoms. The fourth-order valence-electron chi connectivity index (χ4n) is 13.5. The number of methoxy groups -OCH3 is 1. The molecule has 21 atom stereocenters. The van der Waals surface area contributed by atoms with Gasteiger partial charge in [0.05, 0.1) is 61.4 Å². The SMILES string of the molecule is COC1C(O)CC(OC2C(O)CC(OC3C(O)CC(OC4CCC5(C)C(CCC6C5CCC5(C)C(C7COC(=O)C7)CCC65O)C4)OC3C)OC2C)OC1C. The van der Waals surface area contributed by atoms with E-state index >= 15 is 0 Å². The molecule has 0 amide bonds. The molecule has 8 fully saturated rings. The zero-order valence-electron chi connectivity index (χ0n) is 33.8. The third kappa shape index (κ3) is 7.25. The third-order valence-corrected chi connectivity index (χ3v) is 16.5. The summed E-state index contributed by atoms with van der Waals surface area (Å²) in [7, 11) is 1.54. The summed E-state index contributed by atoms with van der Waals surface area (Å²) in [5.41, 5.74) is -0.717. The highest BCUT2D eigenvalue weighted by Crippen LogP contribution is 2.70. The average molecular weight is 781 g/mol. The first-order valence-corrected chi connectivity index (χ1v) is 21.5. The normalized spacial score (nSPS) is 55.6. The summed E-state index contributed by atoms with van der Waals surface area (Å²) in [5.74, 6) is 1.74. The van der Waals surface area contributed by atoms with E-state index in [9.17, 15) is 25.2 Å². The van der Waals surface area contributed by atoms with Crippen LogP contribution in [0.2, 0.25) is 0 Å². The predicted molar refractivity (Wildman–Crippen MR) is 196 cm³/mol. The number of ether oxygens (including phenoxy) is 8. The molecule has 0 aromatic rings. The quantitative estimate of drug-likeness (QED) is 0.206. The van der Waals surface area contributed by atoms with Gasteiger partial charge in [0.2, 0.25) is 0 Å². The summed E-state index contributed by atoms with van der Waals surface area (Å²) in [6.07, 6.45) is 2.50. The Morgan fingerprint density at radius 1 is 0.655 bits per heavy atom. The van der Waals surface area contributed by atoms with Crippen LogP contribution in [0.3, 0.4) is 0 Å². The van der Waals surface area contributed by atoms with Crippen LogP contribution in [0, 0.1) is 40.4 Å². The van der Waals surface area contributed by atoms with Crippen molar-refractivity contribution in [1.82, 2.24) is 0 Å². The monoisotopic (exact) mass is 780 g/mol. The number of carbonyl (C=O) groups is 1. The van der Waals surface area contributed by atoms with E-state index in [2.05, 4.69) is 13.8 Å². The van der Waals surface area contributed by atoms with Gasteiger partial charge >= 0.3 is 5.97 Å². The lowest BCUT2D eigenvalue weighted by molar-refractivity contribution is -0.336. The number of rotatable bonds is 8. The van der Waals surface area contributed by atoms with Gasteiger partial charge in [-0.3, -0.25) is 4.79 Å². The van der Waals surface area contributed by atoms with Crippen molar-refractivity contribution < 1.29 is 63.1 Å². The van der Waals surface area contributed by atoms with Gasteiger partial charge in [0.25, 0.3) is 0 Å². The predicted octanol–water partition coefficient (Wildman–Crippen LogP) is 3.98. The topological polar surface area (TPSA) is 172 Å². The first kappa shape index (κ1) is 40.8. The fourth-order valence-corrected chi connectivity index (χ4v) is 13.5. The highest BCUT2D eigenvalue weighted by atomic mass is 16.7. The first-order valence-electron chi connectivity index (χ1n) is 21.5. The van der Waals surface area contributed by atoms with Gasteiger partial charge in [0, 0.05) is 32.3 Å². The molecule has 13 heteroatoms. The summed E-state index contributed by atoms with van der Waals surface area (Å²) in [6.45, 7) is 10.8. The third-order valence-electron chi connectivity index (χ3n) is 16.5. The Morgan fingerprint density at radius 3 is 1.76 bits per heavy atom. The average Bonchev–Trinajstić information content (AvgIpc) is 3.67. The van der Waals surface area contributed by atoms with E-state index in [4.69, 9.17) is 37.9 Å². The van der Waals surface area contributed by atoms with Crippen LogP contribution in [0.1, 0.15) is 118 Å². The molecule has 0 bridgehead atoms. The molecule has 55 heavy (non-hydrogen) atoms. The fraction of sp³-hybridized carbons (Fsp3) is 0.976. The highest BCUT2D eigenvalue weighted by molar-refractivity contribution is 5.71. The van der Waals surface area contributed by atoms with Crippen LogP contribution in [-0.2, 0) is 42.7 Å². The number of carbonyl (C=O) groups excluding carboxylic acids is 1. The number of aliphatic hydroxyl groups is 4. The molecule has 4 saturated carbocycles. The van der Waals surface area contributed by atoms with E-state index in [1.54, 1.807) is 6.92 Å². The van der Waals surface area contributed by atoms with Crippen LogP contribution >= 0.6 is 0 Å². The Balaban J connectivity index is 0.818. The molecule has 4 saturated heterocycles. The molecular formula is C42H68O13. The Bertz CT molecular complexity index is 1330. The van der Waals surface area contributed by atoms with E-state index in [1.165, 1.54) is 7.11 Å². The van der Waals surface area contributed by atoms with E-state index in [0.29, 0.717) is 30.8 Å². The number of hydrogen-bond donors (Lipinski definition) is 4. The van der Waals surface area contributed by atoms with E-state index in [0.717, 1.165) is 57.8 Å². The molecule has 4 heterocycles. The summed E-state index contributed by atoms with van der Waals surface area (Å²) >= 11 is 0. The van der Waals surface area contributed by atoms with Crippen molar-refractivity contribution in [3.8, 4) is 0 Å². The second-order valence-corrected chi connectivity index (χ2v) is 19.3. The molecule has 314 valence electrons. The van der Waals surface area contributed by atoms with Gasteiger partial charge in [-0.1, -0.05) is 13.8 Å². The maximum absolute atomic E-state index is 12.6. The van der Waals surface area contributed by atoms with Gasteiger partial charge in [-0.15, -0.1) is 0 Å². The molecule has 8 rings (SSSR count). The van der Waals surface area contributed by atoms with Gasteiger partial charge in [-0.25, -0.2) is 0 Å². The van der Waals surface area contributed by atoms with Crippen LogP contribution in [0.25, 0.3) is 0 Å². The Labute approximate surface area is 326 Å². The van der Waals surface area contributed by atoms with Crippen LogP contribution in [0.5, 0.6) is 0 Å². The van der Waals surface area contributed by atoms with Gasteiger partial charge < -0.3 is 58.3 Å². The first-order chi connectivity index (χ1) is 26.1. The smallest absolute Gasteiger partial charge is 0.306 e. The molecule has 4 aliphatic heterocycles. The molecule has 4 N–H and O–H groups in total. The van der Waals surface area contributed by atoms with E-state index in [1.807, 2.05) is 13.8 Å². The number of fused-ring (bicyclic) bond motifs is 5. The van der Waals surface area contributed by atoms with Crippen molar-refractivity contribution in [3.63, 3.8) is 0 Å². The maximum atomic E-state index is 12.6. The van der Waals surface area contributed by atoms with Crippen LogP contribution in [-0.4, -0.2) is 126 Å².